The quantitative estimate of drug-likeness (QED) is 0.0399. The summed E-state index contributed by atoms with van der Waals surface area (Å²) >= 11 is 12.4. The largest absolute Gasteiger partial charge is 2.00 e. The number of nitrogens with one attached hydrogen (secondary N) is 2. The van der Waals surface area contributed by atoms with Crippen molar-refractivity contribution in [3.8, 4) is 23.0 Å². The molecule has 4 N–H and O–H groups in total. The zero-order valence-electron chi connectivity index (χ0n) is 41.6. The van der Waals surface area contributed by atoms with E-state index in [4.69, 9.17) is 32.7 Å². The van der Waals surface area contributed by atoms with Crippen molar-refractivity contribution in [1.29, 1.82) is 0 Å². The third kappa shape index (κ3) is 14.5. The molecule has 0 saturated carbocycles. The molecule has 0 spiro atoms. The zero-order valence-corrected chi connectivity index (χ0v) is 46.9. The van der Waals surface area contributed by atoms with Crippen molar-refractivity contribution in [2.75, 3.05) is 23.8 Å². The molecular weight excluding hydrogens is 1100 g/mol. The van der Waals surface area contributed by atoms with E-state index in [1.807, 2.05) is 13.8 Å². The van der Waals surface area contributed by atoms with E-state index < -0.39 is 58.4 Å². The van der Waals surface area contributed by atoms with Crippen LogP contribution in [-0.2, 0) is 33.1 Å². The van der Waals surface area contributed by atoms with E-state index in [2.05, 4.69) is 31.1 Å². The van der Waals surface area contributed by atoms with Gasteiger partial charge in [0.1, 0.15) is 43.6 Å². The number of anilines is 2. The van der Waals surface area contributed by atoms with Crippen molar-refractivity contribution >= 4 is 149 Å². The summed E-state index contributed by atoms with van der Waals surface area (Å²) in [5, 5.41) is 47.7. The van der Waals surface area contributed by atoms with Crippen LogP contribution >= 0.6 is 23.2 Å². The minimum absolute atomic E-state index is 0. The number of aryl methyl sites for hydroxylation is 2. The summed E-state index contributed by atoms with van der Waals surface area (Å²) in [5.74, 6) is -1.03. The molecule has 0 bridgehead atoms. The van der Waals surface area contributed by atoms with Crippen molar-refractivity contribution in [3.05, 3.63) is 166 Å². The van der Waals surface area contributed by atoms with Gasteiger partial charge < -0.3 is 34.9 Å². The van der Waals surface area contributed by atoms with Crippen LogP contribution in [0.2, 0.25) is 10.0 Å². The van der Waals surface area contributed by atoms with E-state index >= 15 is 0 Å². The smallest absolute Gasteiger partial charge is 0.870 e. The number of amides is 2. The number of carbonyl (C=O) groups excluding carboxylic acids is 2. The van der Waals surface area contributed by atoms with Crippen LogP contribution in [0.1, 0.15) is 59.5 Å². The van der Waals surface area contributed by atoms with Crippen molar-refractivity contribution in [2.45, 2.75) is 50.3 Å². The maximum atomic E-state index is 13.4. The average molecular weight is 1150 g/mol. The standard InChI is InChI=1S/2C27H24ClN3O6S.Ca/c2*1-3-16-13-22(24(28)23(14-16)38(34,35)36)30-31-25-20-8-6-5-7-17(20)15-21(26(25)32)27(33)29-18-9-11-19(12-10-18)37-4-2;/h2*5-15,32H,3-4H2,1-2H3,(H,29,33)(H,34,35,36);/q;;+2/p-2. The third-order valence-electron chi connectivity index (χ3n) is 11.3. The summed E-state index contributed by atoms with van der Waals surface area (Å²) in [6.07, 6.45) is 0.844. The van der Waals surface area contributed by atoms with Crippen LogP contribution < -0.4 is 25.2 Å². The van der Waals surface area contributed by atoms with Gasteiger partial charge in [0.2, 0.25) is 0 Å². The Labute approximate surface area is 483 Å². The number of azo groups is 2. The maximum absolute atomic E-state index is 13.4. The van der Waals surface area contributed by atoms with Crippen LogP contribution in [0, 0.1) is 0 Å². The summed E-state index contributed by atoms with van der Waals surface area (Å²) in [4.78, 5) is 25.1. The fourth-order valence-electron chi connectivity index (χ4n) is 7.58. The van der Waals surface area contributed by atoms with Crippen molar-refractivity contribution in [3.63, 3.8) is 0 Å². The topological polar surface area (TPSA) is 281 Å². The minimum atomic E-state index is -4.87. The van der Waals surface area contributed by atoms with Gasteiger partial charge in [0, 0.05) is 27.7 Å². The van der Waals surface area contributed by atoms with Gasteiger partial charge in [-0.25, -0.2) is 8.42 Å². The van der Waals surface area contributed by atoms with Crippen LogP contribution in [0.4, 0.5) is 34.1 Å². The molecule has 18 nitrogen and oxygen atoms in total. The second-order valence-electron chi connectivity index (χ2n) is 16.4. The minimum Gasteiger partial charge on any atom is -0.870 e. The van der Waals surface area contributed by atoms with Gasteiger partial charge in [-0.1, -0.05) is 91.3 Å². The number of aromatic hydroxyl groups is 1. The predicted octanol–water partition coefficient (Wildman–Crippen LogP) is 12.8. The van der Waals surface area contributed by atoms with Crippen LogP contribution in [0.3, 0.4) is 0 Å². The Morgan fingerprint density at radius 3 is 1.45 bits per heavy atom. The molecule has 0 saturated heterocycles. The SMILES string of the molecule is CCOc1ccc(NC(=O)c2cc3ccccc3c(N=Nc3cc(CC)cc(S(=O)(=O)O)c3Cl)c2O)cc1.CCOc1ccc(NC(=O)c2cc3ccccc3c(N=Nc3cc(CC)cc(S(=O)(=O)[O-])c3Cl)c2[O-])cc1.[Ca+2]. The number of benzene rings is 8. The first-order valence-corrected chi connectivity index (χ1v) is 26.8. The van der Waals surface area contributed by atoms with Gasteiger partial charge in [0.25, 0.3) is 21.9 Å². The molecule has 23 heteroatoms. The fraction of sp³-hybridized carbons (Fsp3) is 0.148. The predicted molar refractivity (Wildman–Crippen MR) is 294 cm³/mol. The number of nitrogens with zero attached hydrogens (tertiary/aromatic N) is 4. The Balaban J connectivity index is 0.000000246. The van der Waals surface area contributed by atoms with Crippen molar-refractivity contribution < 1.29 is 55.2 Å². The molecule has 0 aliphatic carbocycles. The first-order valence-electron chi connectivity index (χ1n) is 23.2. The van der Waals surface area contributed by atoms with Gasteiger partial charge in [-0.3, -0.25) is 14.1 Å². The normalized spacial score (nSPS) is 11.5. The van der Waals surface area contributed by atoms with E-state index in [9.17, 15) is 45.7 Å². The molecular formula is C54H46CaCl2N6O12S2. The van der Waals surface area contributed by atoms with Gasteiger partial charge in [-0.15, -0.1) is 15.3 Å². The third-order valence-corrected chi connectivity index (χ3v) is 14.1. The van der Waals surface area contributed by atoms with E-state index in [0.717, 1.165) is 0 Å². The number of rotatable bonds is 16. The van der Waals surface area contributed by atoms with Gasteiger partial charge >= 0.3 is 37.7 Å². The number of phenols is 1. The number of phenolic OH excluding ortho intramolecular Hbond substituents is 1. The molecule has 0 aromatic heterocycles. The Morgan fingerprint density at radius 1 is 0.584 bits per heavy atom. The molecule has 8 aromatic carbocycles. The second kappa shape index (κ2) is 26.1. The fourth-order valence-corrected chi connectivity index (χ4v) is 9.70. The van der Waals surface area contributed by atoms with Gasteiger partial charge in [-0.2, -0.15) is 13.5 Å². The zero-order chi connectivity index (χ0) is 54.9. The molecule has 0 fully saturated rings. The van der Waals surface area contributed by atoms with Crippen LogP contribution in [0.25, 0.3) is 21.5 Å². The van der Waals surface area contributed by atoms with E-state index in [-0.39, 0.29) is 76.6 Å². The summed E-state index contributed by atoms with van der Waals surface area (Å²) in [6.45, 7) is 8.31. The Hall–Kier alpha value is -6.72. The first-order chi connectivity index (χ1) is 36.2. The number of hydrogen-bond donors (Lipinski definition) is 4. The van der Waals surface area contributed by atoms with Gasteiger partial charge in [0.15, 0.2) is 5.75 Å². The molecule has 0 heterocycles. The number of ether oxygens (including phenoxy) is 2. The molecule has 2 amide bonds. The number of fused-ring (bicyclic) bond motifs is 2. The number of hydrogen-bond acceptors (Lipinski definition) is 15. The van der Waals surface area contributed by atoms with Gasteiger partial charge in [0.05, 0.1) is 39.4 Å². The molecule has 77 heavy (non-hydrogen) atoms. The Morgan fingerprint density at radius 2 is 1.00 bits per heavy atom. The van der Waals surface area contributed by atoms with Crippen LogP contribution in [0.15, 0.2) is 164 Å². The Bertz CT molecular complexity index is 3560. The molecule has 0 unspecified atom stereocenters. The summed E-state index contributed by atoms with van der Waals surface area (Å²) in [5.41, 5.74) is 1.54. The average Bonchev–Trinajstić information content (AvgIpc) is 3.39. The van der Waals surface area contributed by atoms with Crippen molar-refractivity contribution in [1.82, 2.24) is 0 Å². The summed E-state index contributed by atoms with van der Waals surface area (Å²) in [6, 6.07) is 35.7. The number of carbonyl (C=O) groups is 2. The molecule has 392 valence electrons. The number of halogens is 2. The van der Waals surface area contributed by atoms with E-state index in [1.165, 1.54) is 36.4 Å². The molecule has 0 aliphatic heterocycles. The van der Waals surface area contributed by atoms with Crippen LogP contribution in [0.5, 0.6) is 23.0 Å². The second-order valence-corrected chi connectivity index (χ2v) is 19.9. The van der Waals surface area contributed by atoms with Crippen molar-refractivity contribution in [2.24, 2.45) is 20.5 Å². The van der Waals surface area contributed by atoms with Crippen LogP contribution in [-0.4, -0.2) is 93.8 Å². The molecule has 0 atom stereocenters. The molecule has 0 aliphatic rings. The molecule has 8 rings (SSSR count). The maximum Gasteiger partial charge on any atom is 2.00 e. The summed E-state index contributed by atoms with van der Waals surface area (Å²) in [7, 11) is -9.49. The molecule has 8 aromatic rings. The summed E-state index contributed by atoms with van der Waals surface area (Å²) < 4.78 is 79.0. The first kappa shape index (κ1) is 59.5. The monoisotopic (exact) mass is 1140 g/mol. The molecule has 0 radical (unpaired) electrons. The Kier molecular flexibility index (Phi) is 20.2. The van der Waals surface area contributed by atoms with E-state index in [0.29, 0.717) is 81.6 Å². The van der Waals surface area contributed by atoms with Gasteiger partial charge in [-0.05, 0) is 134 Å². The van der Waals surface area contributed by atoms with E-state index in [1.54, 1.807) is 111 Å².